The van der Waals surface area contributed by atoms with E-state index in [4.69, 9.17) is 5.73 Å². The van der Waals surface area contributed by atoms with Crippen LogP contribution in [0.3, 0.4) is 0 Å². The first-order valence-electron chi connectivity index (χ1n) is 7.93. The third kappa shape index (κ3) is 3.82. The van der Waals surface area contributed by atoms with Gasteiger partial charge in [0.05, 0.1) is 15.7 Å². The Morgan fingerprint density at radius 3 is 2.52 bits per heavy atom. The van der Waals surface area contributed by atoms with Crippen LogP contribution in [0, 0.1) is 5.41 Å². The van der Waals surface area contributed by atoms with Gasteiger partial charge in [-0.05, 0) is 57.7 Å². The molecule has 0 aliphatic rings. The van der Waals surface area contributed by atoms with Crippen molar-refractivity contribution in [2.24, 2.45) is 5.41 Å². The molecule has 0 radical (unpaired) electrons. The van der Waals surface area contributed by atoms with E-state index in [9.17, 15) is 4.79 Å². The Labute approximate surface area is 154 Å². The number of benzene rings is 2. The summed E-state index contributed by atoms with van der Waals surface area (Å²) in [5.74, 6) is -0.206. The molecule has 6 nitrogen and oxygen atoms in total. The number of nitrogen functional groups attached to an aromatic ring is 1. The molecule has 0 spiro atoms. The average molecular weight is 402 g/mol. The van der Waals surface area contributed by atoms with Gasteiger partial charge in [0.2, 0.25) is 0 Å². The highest BCUT2D eigenvalue weighted by Crippen LogP contribution is 2.31. The second-order valence-electron chi connectivity index (χ2n) is 7.18. The van der Waals surface area contributed by atoms with E-state index in [1.54, 1.807) is 24.3 Å². The predicted octanol–water partition coefficient (Wildman–Crippen LogP) is 4.07. The predicted molar refractivity (Wildman–Crippen MR) is 103 cm³/mol. The van der Waals surface area contributed by atoms with E-state index in [2.05, 4.69) is 52.3 Å². The fourth-order valence-electron chi connectivity index (χ4n) is 2.50. The van der Waals surface area contributed by atoms with Crippen LogP contribution in [0.1, 0.15) is 31.1 Å². The van der Waals surface area contributed by atoms with Crippen molar-refractivity contribution in [1.82, 2.24) is 15.0 Å². The zero-order chi connectivity index (χ0) is 18.2. The van der Waals surface area contributed by atoms with E-state index in [1.165, 1.54) is 0 Å². The summed E-state index contributed by atoms with van der Waals surface area (Å²) in [5, 5.41) is 11.4. The Bertz CT molecular complexity index is 925. The molecular formula is C18H20BrN5O. The summed E-state index contributed by atoms with van der Waals surface area (Å²) in [6.45, 7) is 7.21. The van der Waals surface area contributed by atoms with Gasteiger partial charge in [0.1, 0.15) is 5.52 Å². The molecule has 0 saturated heterocycles. The summed E-state index contributed by atoms with van der Waals surface area (Å²) in [5.41, 5.74) is 9.20. The first-order chi connectivity index (χ1) is 11.7. The molecule has 0 atom stereocenters. The lowest BCUT2D eigenvalue weighted by atomic mass is 9.97. The van der Waals surface area contributed by atoms with E-state index in [0.29, 0.717) is 21.4 Å². The maximum Gasteiger partial charge on any atom is 0.255 e. The van der Waals surface area contributed by atoms with Crippen LogP contribution in [0.15, 0.2) is 40.9 Å². The molecule has 130 valence electrons. The molecule has 3 aromatic rings. The van der Waals surface area contributed by atoms with Crippen molar-refractivity contribution in [3.8, 4) is 0 Å². The van der Waals surface area contributed by atoms with Crippen molar-refractivity contribution in [2.75, 3.05) is 11.1 Å². The molecular weight excluding hydrogens is 382 g/mol. The van der Waals surface area contributed by atoms with E-state index >= 15 is 0 Å². The zero-order valence-corrected chi connectivity index (χ0v) is 16.0. The molecule has 1 amide bonds. The monoisotopic (exact) mass is 401 g/mol. The van der Waals surface area contributed by atoms with Gasteiger partial charge in [0.25, 0.3) is 5.91 Å². The van der Waals surface area contributed by atoms with Crippen LogP contribution < -0.4 is 11.1 Å². The van der Waals surface area contributed by atoms with Gasteiger partial charge >= 0.3 is 0 Å². The van der Waals surface area contributed by atoms with Gasteiger partial charge in [0.15, 0.2) is 0 Å². The molecule has 1 aromatic heterocycles. The standard InChI is InChI=1S/C18H20BrN5O/c1-18(2,3)10-24-14-9-8-13(15(19)16(14)22-23-24)21-17(25)11-4-6-12(20)7-5-11/h4-9H,10,20H2,1-3H3,(H,21,25). The molecule has 0 fully saturated rings. The van der Waals surface area contributed by atoms with E-state index in [0.717, 1.165) is 17.6 Å². The molecule has 3 rings (SSSR count). The summed E-state index contributed by atoms with van der Waals surface area (Å²) in [6, 6.07) is 10.6. The number of carbonyl (C=O) groups excluding carboxylic acids is 1. The largest absolute Gasteiger partial charge is 0.399 e. The number of nitrogens with one attached hydrogen (secondary N) is 1. The molecule has 3 N–H and O–H groups in total. The summed E-state index contributed by atoms with van der Waals surface area (Å²) in [4.78, 5) is 12.4. The minimum atomic E-state index is -0.206. The van der Waals surface area contributed by atoms with Crippen molar-refractivity contribution in [1.29, 1.82) is 0 Å². The van der Waals surface area contributed by atoms with Crippen LogP contribution in [-0.4, -0.2) is 20.9 Å². The molecule has 0 aliphatic heterocycles. The Balaban J connectivity index is 1.89. The highest BCUT2D eigenvalue weighted by molar-refractivity contribution is 9.10. The maximum atomic E-state index is 12.4. The van der Waals surface area contributed by atoms with Crippen LogP contribution in [0.4, 0.5) is 11.4 Å². The number of halogens is 1. The summed E-state index contributed by atoms with van der Waals surface area (Å²) >= 11 is 3.54. The third-order valence-corrected chi connectivity index (χ3v) is 4.47. The molecule has 0 aliphatic carbocycles. The van der Waals surface area contributed by atoms with Crippen molar-refractivity contribution in [3.05, 3.63) is 46.4 Å². The number of aromatic nitrogens is 3. The van der Waals surface area contributed by atoms with E-state index < -0.39 is 0 Å². The summed E-state index contributed by atoms with van der Waals surface area (Å²) in [7, 11) is 0. The Hall–Kier alpha value is -2.41. The highest BCUT2D eigenvalue weighted by atomic mass is 79.9. The lowest BCUT2D eigenvalue weighted by Gasteiger charge is -2.18. The minimum absolute atomic E-state index is 0.0924. The Morgan fingerprint density at radius 2 is 1.88 bits per heavy atom. The van der Waals surface area contributed by atoms with E-state index in [-0.39, 0.29) is 11.3 Å². The fraction of sp³-hybridized carbons (Fsp3) is 0.278. The number of hydrogen-bond donors (Lipinski definition) is 2. The fourth-order valence-corrected chi connectivity index (χ4v) is 3.01. The molecule has 2 aromatic carbocycles. The van der Waals surface area contributed by atoms with Crippen LogP contribution in [-0.2, 0) is 6.54 Å². The van der Waals surface area contributed by atoms with Crippen molar-refractivity contribution in [3.63, 3.8) is 0 Å². The minimum Gasteiger partial charge on any atom is -0.399 e. The summed E-state index contributed by atoms with van der Waals surface area (Å²) in [6.07, 6.45) is 0. The van der Waals surface area contributed by atoms with Crippen LogP contribution >= 0.6 is 15.9 Å². The topological polar surface area (TPSA) is 85.8 Å². The zero-order valence-electron chi connectivity index (χ0n) is 14.4. The average Bonchev–Trinajstić information content (AvgIpc) is 2.92. The molecule has 0 saturated carbocycles. The molecule has 1 heterocycles. The number of nitrogens with two attached hydrogens (primary N) is 1. The van der Waals surface area contributed by atoms with Crippen molar-refractivity contribution >= 4 is 44.2 Å². The number of carbonyl (C=O) groups is 1. The maximum absolute atomic E-state index is 12.4. The number of nitrogens with zero attached hydrogens (tertiary/aromatic N) is 3. The van der Waals surface area contributed by atoms with Gasteiger partial charge in [-0.2, -0.15) is 0 Å². The van der Waals surface area contributed by atoms with Crippen molar-refractivity contribution < 1.29 is 4.79 Å². The normalized spacial score (nSPS) is 11.7. The van der Waals surface area contributed by atoms with Gasteiger partial charge in [-0.25, -0.2) is 4.68 Å². The van der Waals surface area contributed by atoms with Gasteiger partial charge in [-0.15, -0.1) is 5.10 Å². The quantitative estimate of drug-likeness (QED) is 0.647. The molecule has 0 bridgehead atoms. The highest BCUT2D eigenvalue weighted by Gasteiger charge is 2.18. The third-order valence-electron chi connectivity index (χ3n) is 3.67. The second-order valence-corrected chi connectivity index (χ2v) is 7.97. The number of amides is 1. The first kappa shape index (κ1) is 17.4. The lowest BCUT2D eigenvalue weighted by molar-refractivity contribution is 0.102. The lowest BCUT2D eigenvalue weighted by Crippen LogP contribution is -2.16. The number of hydrogen-bond acceptors (Lipinski definition) is 4. The number of fused-ring (bicyclic) bond motifs is 1. The van der Waals surface area contributed by atoms with Crippen LogP contribution in [0.5, 0.6) is 0 Å². The Morgan fingerprint density at radius 1 is 1.20 bits per heavy atom. The van der Waals surface area contributed by atoms with Gasteiger partial charge in [-0.1, -0.05) is 26.0 Å². The van der Waals surface area contributed by atoms with E-state index in [1.807, 2.05) is 16.8 Å². The smallest absolute Gasteiger partial charge is 0.255 e. The van der Waals surface area contributed by atoms with Gasteiger partial charge in [-0.3, -0.25) is 4.79 Å². The van der Waals surface area contributed by atoms with Crippen LogP contribution in [0.25, 0.3) is 11.0 Å². The molecule has 0 unspecified atom stereocenters. The molecule has 25 heavy (non-hydrogen) atoms. The number of anilines is 2. The number of rotatable bonds is 3. The van der Waals surface area contributed by atoms with Gasteiger partial charge in [0, 0.05) is 17.8 Å². The molecule has 7 heteroatoms. The first-order valence-corrected chi connectivity index (χ1v) is 8.72. The SMILES string of the molecule is CC(C)(C)Cn1nnc2c(Br)c(NC(=O)c3ccc(N)cc3)ccc21. The second kappa shape index (κ2) is 6.48. The van der Waals surface area contributed by atoms with Crippen LogP contribution in [0.2, 0.25) is 0 Å². The van der Waals surface area contributed by atoms with Gasteiger partial charge < -0.3 is 11.1 Å². The van der Waals surface area contributed by atoms with Crippen molar-refractivity contribution in [2.45, 2.75) is 27.3 Å². The Kier molecular flexibility index (Phi) is 4.51. The summed E-state index contributed by atoms with van der Waals surface area (Å²) < 4.78 is 2.60.